The lowest BCUT2D eigenvalue weighted by Gasteiger charge is -2.11. The van der Waals surface area contributed by atoms with Crippen molar-refractivity contribution >= 4 is 0 Å². The molecule has 0 spiro atoms. The fourth-order valence-corrected chi connectivity index (χ4v) is 1.52. The van der Waals surface area contributed by atoms with E-state index in [1.165, 1.54) is 5.69 Å². The van der Waals surface area contributed by atoms with Crippen LogP contribution in [0.5, 0.6) is 0 Å². The predicted octanol–water partition coefficient (Wildman–Crippen LogP) is 2.97. The van der Waals surface area contributed by atoms with E-state index in [0.717, 1.165) is 12.2 Å². The van der Waals surface area contributed by atoms with Crippen molar-refractivity contribution in [3.8, 4) is 0 Å². The summed E-state index contributed by atoms with van der Waals surface area (Å²) in [6.45, 7) is 12.0. The van der Waals surface area contributed by atoms with Gasteiger partial charge < -0.3 is 0 Å². The molecule has 13 heavy (non-hydrogen) atoms. The molecule has 0 radical (unpaired) electrons. The van der Waals surface area contributed by atoms with Gasteiger partial charge in [-0.1, -0.05) is 27.7 Å². The van der Waals surface area contributed by atoms with Gasteiger partial charge >= 0.3 is 0 Å². The predicted molar refractivity (Wildman–Crippen MR) is 55.9 cm³/mol. The molecule has 0 aliphatic heterocycles. The van der Waals surface area contributed by atoms with Crippen molar-refractivity contribution in [1.82, 2.24) is 9.78 Å². The van der Waals surface area contributed by atoms with Gasteiger partial charge in [-0.15, -0.1) is 0 Å². The minimum absolute atomic E-state index is 0.569. The van der Waals surface area contributed by atoms with E-state index in [2.05, 4.69) is 50.5 Å². The molecule has 74 valence electrons. The zero-order valence-electron chi connectivity index (χ0n) is 9.33. The third-order valence-electron chi connectivity index (χ3n) is 2.06. The molecule has 2 heteroatoms. The zero-order valence-corrected chi connectivity index (χ0v) is 9.33. The molecule has 0 saturated heterocycles. The highest BCUT2D eigenvalue weighted by atomic mass is 15.3. The lowest BCUT2D eigenvalue weighted by molar-refractivity contribution is 0.460. The van der Waals surface area contributed by atoms with Crippen LogP contribution in [0, 0.1) is 12.8 Å². The van der Waals surface area contributed by atoms with Gasteiger partial charge in [-0.05, 0) is 24.8 Å². The smallest absolute Gasteiger partial charge is 0.0596 e. The second-order valence-corrected chi connectivity index (χ2v) is 4.44. The molecule has 0 bridgehead atoms. The molecule has 1 aromatic rings. The van der Waals surface area contributed by atoms with E-state index in [1.807, 2.05) is 0 Å². The van der Waals surface area contributed by atoms with Crippen molar-refractivity contribution in [2.45, 2.75) is 47.1 Å². The van der Waals surface area contributed by atoms with Crippen LogP contribution < -0.4 is 0 Å². The zero-order chi connectivity index (χ0) is 10.0. The molecular weight excluding hydrogens is 160 g/mol. The summed E-state index contributed by atoms with van der Waals surface area (Å²) in [5, 5.41) is 4.49. The van der Waals surface area contributed by atoms with E-state index in [1.54, 1.807) is 0 Å². The van der Waals surface area contributed by atoms with Gasteiger partial charge in [0, 0.05) is 12.2 Å². The number of rotatable bonds is 3. The SMILES string of the molecule is Cc1cc(C(C)C)n(CC(C)C)n1. The monoisotopic (exact) mass is 180 g/mol. The molecule has 2 nitrogen and oxygen atoms in total. The lowest BCUT2D eigenvalue weighted by atomic mass is 10.1. The molecule has 0 atom stereocenters. The summed E-state index contributed by atoms with van der Waals surface area (Å²) in [7, 11) is 0. The minimum atomic E-state index is 0.569. The Morgan fingerprint density at radius 2 is 1.92 bits per heavy atom. The van der Waals surface area contributed by atoms with Gasteiger partial charge in [0.2, 0.25) is 0 Å². The van der Waals surface area contributed by atoms with Gasteiger partial charge in [-0.25, -0.2) is 0 Å². The van der Waals surface area contributed by atoms with Crippen LogP contribution in [0.4, 0.5) is 0 Å². The molecule has 1 rings (SSSR count). The van der Waals surface area contributed by atoms with Gasteiger partial charge in [-0.3, -0.25) is 4.68 Å². The van der Waals surface area contributed by atoms with Crippen LogP contribution in [0.25, 0.3) is 0 Å². The van der Waals surface area contributed by atoms with Crippen LogP contribution >= 0.6 is 0 Å². The van der Waals surface area contributed by atoms with Crippen LogP contribution in [0.15, 0.2) is 6.07 Å². The summed E-state index contributed by atoms with van der Waals surface area (Å²) in [5.41, 5.74) is 2.48. The highest BCUT2D eigenvalue weighted by molar-refractivity contribution is 5.12. The Hall–Kier alpha value is -0.790. The first-order valence-corrected chi connectivity index (χ1v) is 5.05. The fraction of sp³-hybridized carbons (Fsp3) is 0.727. The second-order valence-electron chi connectivity index (χ2n) is 4.44. The summed E-state index contributed by atoms with van der Waals surface area (Å²) in [5.74, 6) is 1.23. The number of aryl methyl sites for hydroxylation is 1. The van der Waals surface area contributed by atoms with Gasteiger partial charge in [0.1, 0.15) is 0 Å². The summed E-state index contributed by atoms with van der Waals surface area (Å²) in [6.07, 6.45) is 0. The average Bonchev–Trinajstić information content (AvgIpc) is 2.29. The molecule has 0 fully saturated rings. The molecule has 0 amide bonds. The minimum Gasteiger partial charge on any atom is -0.269 e. The number of aromatic nitrogens is 2. The van der Waals surface area contributed by atoms with E-state index in [-0.39, 0.29) is 0 Å². The maximum atomic E-state index is 4.49. The van der Waals surface area contributed by atoms with Crippen LogP contribution in [-0.4, -0.2) is 9.78 Å². The topological polar surface area (TPSA) is 17.8 Å². The molecule has 0 aliphatic carbocycles. The van der Waals surface area contributed by atoms with Gasteiger partial charge in [-0.2, -0.15) is 5.10 Å². The quantitative estimate of drug-likeness (QED) is 0.699. The highest BCUT2D eigenvalue weighted by Gasteiger charge is 2.09. The van der Waals surface area contributed by atoms with Crippen molar-refractivity contribution in [2.75, 3.05) is 0 Å². The first kappa shape index (κ1) is 10.3. The number of nitrogens with zero attached hydrogens (tertiary/aromatic N) is 2. The average molecular weight is 180 g/mol. The second kappa shape index (κ2) is 3.95. The Morgan fingerprint density at radius 3 is 2.38 bits per heavy atom. The summed E-state index contributed by atoms with van der Waals surface area (Å²) in [4.78, 5) is 0. The highest BCUT2D eigenvalue weighted by Crippen LogP contribution is 2.16. The Morgan fingerprint density at radius 1 is 1.31 bits per heavy atom. The fourth-order valence-electron chi connectivity index (χ4n) is 1.52. The number of hydrogen-bond donors (Lipinski definition) is 0. The third kappa shape index (κ3) is 2.58. The summed E-state index contributed by atoms with van der Waals surface area (Å²) in [6, 6.07) is 2.19. The van der Waals surface area contributed by atoms with Crippen molar-refractivity contribution in [1.29, 1.82) is 0 Å². The molecule has 0 N–H and O–H groups in total. The van der Waals surface area contributed by atoms with Gasteiger partial charge in [0.15, 0.2) is 0 Å². The van der Waals surface area contributed by atoms with Crippen LogP contribution in [0.1, 0.15) is 45.0 Å². The Labute approximate surface area is 81.0 Å². The van der Waals surface area contributed by atoms with Crippen molar-refractivity contribution < 1.29 is 0 Å². The van der Waals surface area contributed by atoms with Crippen molar-refractivity contribution in [3.63, 3.8) is 0 Å². The van der Waals surface area contributed by atoms with E-state index < -0.39 is 0 Å². The molecule has 1 heterocycles. The standard InChI is InChI=1S/C11H20N2/c1-8(2)7-13-11(9(3)4)6-10(5)12-13/h6,8-9H,7H2,1-5H3. The lowest BCUT2D eigenvalue weighted by Crippen LogP contribution is -2.10. The van der Waals surface area contributed by atoms with E-state index in [0.29, 0.717) is 11.8 Å². The van der Waals surface area contributed by atoms with E-state index in [4.69, 9.17) is 0 Å². The van der Waals surface area contributed by atoms with Crippen molar-refractivity contribution in [3.05, 3.63) is 17.5 Å². The molecule has 0 saturated carbocycles. The molecule has 0 aliphatic rings. The van der Waals surface area contributed by atoms with Crippen LogP contribution in [-0.2, 0) is 6.54 Å². The maximum absolute atomic E-state index is 4.49. The van der Waals surface area contributed by atoms with E-state index >= 15 is 0 Å². The van der Waals surface area contributed by atoms with Crippen LogP contribution in [0.2, 0.25) is 0 Å². The molecule has 1 aromatic heterocycles. The summed E-state index contributed by atoms with van der Waals surface area (Å²) < 4.78 is 2.14. The van der Waals surface area contributed by atoms with Crippen LogP contribution in [0.3, 0.4) is 0 Å². The Kier molecular flexibility index (Phi) is 3.12. The number of hydrogen-bond acceptors (Lipinski definition) is 1. The third-order valence-corrected chi connectivity index (χ3v) is 2.06. The first-order chi connectivity index (χ1) is 6.00. The normalized spacial score (nSPS) is 11.6. The molecule has 0 aromatic carbocycles. The first-order valence-electron chi connectivity index (χ1n) is 5.05. The molecule has 0 unspecified atom stereocenters. The Balaban J connectivity index is 2.91. The largest absolute Gasteiger partial charge is 0.269 e. The van der Waals surface area contributed by atoms with Crippen molar-refractivity contribution in [2.24, 2.45) is 5.92 Å². The van der Waals surface area contributed by atoms with E-state index in [9.17, 15) is 0 Å². The Bertz CT molecular complexity index is 272. The van der Waals surface area contributed by atoms with Gasteiger partial charge in [0.05, 0.1) is 5.69 Å². The maximum Gasteiger partial charge on any atom is 0.0596 e. The van der Waals surface area contributed by atoms with Gasteiger partial charge in [0.25, 0.3) is 0 Å². The summed E-state index contributed by atoms with van der Waals surface area (Å²) >= 11 is 0. The molecular formula is C11H20N2.